The van der Waals surface area contributed by atoms with Crippen LogP contribution in [0, 0.1) is 5.82 Å². The topological polar surface area (TPSA) is 89.8 Å². The summed E-state index contributed by atoms with van der Waals surface area (Å²) in [6, 6.07) is 16.3. The molecule has 1 aromatic heterocycles. The first kappa shape index (κ1) is 21.7. The molecule has 4 rings (SSSR count). The number of aryl methyl sites for hydroxylation is 1. The molecule has 0 saturated heterocycles. The van der Waals surface area contributed by atoms with Crippen LogP contribution in [0.15, 0.2) is 76.6 Å². The summed E-state index contributed by atoms with van der Waals surface area (Å²) < 4.78 is 48.4. The lowest BCUT2D eigenvalue weighted by molar-refractivity contribution is 0.0998. The van der Waals surface area contributed by atoms with Crippen molar-refractivity contribution in [2.24, 2.45) is 12.0 Å². The number of amides is 1. The molecule has 0 aliphatic heterocycles. The number of carbonyl (C=O) groups is 1. The number of nitrogens with one attached hydrogen (secondary N) is 1. The molecule has 0 aliphatic rings. The van der Waals surface area contributed by atoms with E-state index in [0.717, 1.165) is 5.52 Å². The number of ether oxygens (including phenoxy) is 1. The number of carbonyl (C=O) groups excluding carboxylic acids is 1. The Hall–Kier alpha value is -3.50. The maximum absolute atomic E-state index is 13.4. The van der Waals surface area contributed by atoms with E-state index in [1.165, 1.54) is 67.0 Å². The van der Waals surface area contributed by atoms with Gasteiger partial charge in [0.2, 0.25) is 0 Å². The van der Waals surface area contributed by atoms with Gasteiger partial charge in [0.1, 0.15) is 11.6 Å². The number of methoxy groups -OCH3 is 1. The molecule has 32 heavy (non-hydrogen) atoms. The molecule has 0 fully saturated rings. The average Bonchev–Trinajstić information content (AvgIpc) is 3.08. The van der Waals surface area contributed by atoms with Crippen molar-refractivity contribution in [3.05, 3.63) is 82.9 Å². The van der Waals surface area contributed by atoms with Gasteiger partial charge in [-0.1, -0.05) is 11.3 Å². The van der Waals surface area contributed by atoms with E-state index >= 15 is 0 Å². The van der Waals surface area contributed by atoms with Gasteiger partial charge in [0.15, 0.2) is 4.80 Å². The molecule has 1 N–H and O–H groups in total. The van der Waals surface area contributed by atoms with E-state index < -0.39 is 15.9 Å². The zero-order chi connectivity index (χ0) is 22.9. The summed E-state index contributed by atoms with van der Waals surface area (Å²) in [5, 5.41) is 0. The molecule has 3 aromatic carbocycles. The molecule has 0 bridgehead atoms. The zero-order valence-electron chi connectivity index (χ0n) is 17.1. The largest absolute Gasteiger partial charge is 0.497 e. The minimum Gasteiger partial charge on any atom is -0.497 e. The van der Waals surface area contributed by atoms with E-state index in [9.17, 15) is 17.6 Å². The number of halogens is 1. The van der Waals surface area contributed by atoms with Crippen LogP contribution in [0.25, 0.3) is 10.2 Å². The Kier molecular flexibility index (Phi) is 5.81. The van der Waals surface area contributed by atoms with E-state index in [1.54, 1.807) is 29.8 Å². The van der Waals surface area contributed by atoms with Gasteiger partial charge in [-0.2, -0.15) is 4.99 Å². The lowest BCUT2D eigenvalue weighted by Crippen LogP contribution is -2.14. The van der Waals surface area contributed by atoms with E-state index in [-0.39, 0.29) is 10.7 Å². The molecule has 1 amide bonds. The van der Waals surface area contributed by atoms with Gasteiger partial charge in [0.25, 0.3) is 15.9 Å². The Balaban J connectivity index is 1.55. The van der Waals surface area contributed by atoms with Gasteiger partial charge < -0.3 is 9.30 Å². The molecule has 0 spiro atoms. The second kappa shape index (κ2) is 8.56. The van der Waals surface area contributed by atoms with E-state index in [2.05, 4.69) is 9.71 Å². The number of fused-ring (bicyclic) bond motifs is 1. The second-order valence-corrected chi connectivity index (χ2v) is 9.52. The Morgan fingerprint density at radius 2 is 1.75 bits per heavy atom. The van der Waals surface area contributed by atoms with Crippen molar-refractivity contribution in [2.75, 3.05) is 11.8 Å². The van der Waals surface area contributed by atoms with Crippen LogP contribution < -0.4 is 14.3 Å². The number of rotatable bonds is 5. The van der Waals surface area contributed by atoms with E-state index in [0.29, 0.717) is 26.5 Å². The summed E-state index contributed by atoms with van der Waals surface area (Å²) in [6.45, 7) is 0. The molecule has 0 unspecified atom stereocenters. The lowest BCUT2D eigenvalue weighted by atomic mass is 10.2. The summed E-state index contributed by atoms with van der Waals surface area (Å²) in [6.07, 6.45) is 0. The fourth-order valence-corrected chi connectivity index (χ4v) is 5.12. The van der Waals surface area contributed by atoms with Crippen molar-refractivity contribution in [2.45, 2.75) is 4.90 Å². The second-order valence-electron chi connectivity index (χ2n) is 6.83. The molecule has 10 heteroatoms. The maximum Gasteiger partial charge on any atom is 0.279 e. The highest BCUT2D eigenvalue weighted by Gasteiger charge is 2.15. The normalized spacial score (nSPS) is 12.2. The number of sulfonamides is 1. The zero-order valence-corrected chi connectivity index (χ0v) is 18.7. The Labute approximate surface area is 187 Å². The predicted octanol–water partition coefficient (Wildman–Crippen LogP) is 3.93. The number of benzene rings is 3. The standard InChI is InChI=1S/C22H18FN3O4S2/c1-26-19-12-5-15(23)13-20(19)31-22(26)24-21(27)14-3-6-16(7-4-14)25-32(28,29)18-10-8-17(30-2)9-11-18/h3-13,25H,1-2H3. The van der Waals surface area contributed by atoms with E-state index in [4.69, 9.17) is 4.74 Å². The van der Waals surface area contributed by atoms with Crippen LogP contribution in [-0.4, -0.2) is 26.0 Å². The first-order valence-electron chi connectivity index (χ1n) is 9.38. The van der Waals surface area contributed by atoms with Crippen LogP contribution in [0.1, 0.15) is 10.4 Å². The Morgan fingerprint density at radius 1 is 1.06 bits per heavy atom. The van der Waals surface area contributed by atoms with Crippen molar-refractivity contribution in [1.82, 2.24) is 4.57 Å². The van der Waals surface area contributed by atoms with Crippen LogP contribution in [0.4, 0.5) is 10.1 Å². The lowest BCUT2D eigenvalue weighted by Gasteiger charge is -2.09. The molecule has 164 valence electrons. The van der Waals surface area contributed by atoms with Crippen molar-refractivity contribution < 1.29 is 22.3 Å². The van der Waals surface area contributed by atoms with Crippen molar-refractivity contribution >= 4 is 43.2 Å². The number of hydrogen-bond acceptors (Lipinski definition) is 5. The van der Waals surface area contributed by atoms with Crippen LogP contribution in [0.3, 0.4) is 0 Å². The SMILES string of the molecule is COc1ccc(S(=O)(=O)Nc2ccc(C(=O)N=c3sc4cc(F)ccc4n3C)cc2)cc1. The fourth-order valence-electron chi connectivity index (χ4n) is 3.02. The predicted molar refractivity (Wildman–Crippen MR) is 121 cm³/mol. The van der Waals surface area contributed by atoms with Crippen LogP contribution in [0.5, 0.6) is 5.75 Å². The smallest absolute Gasteiger partial charge is 0.279 e. The van der Waals surface area contributed by atoms with Crippen molar-refractivity contribution in [3.63, 3.8) is 0 Å². The van der Waals surface area contributed by atoms with Crippen LogP contribution in [0.2, 0.25) is 0 Å². The molecular weight excluding hydrogens is 453 g/mol. The minimum atomic E-state index is -3.79. The van der Waals surface area contributed by atoms with Gasteiger partial charge in [-0.05, 0) is 66.7 Å². The van der Waals surface area contributed by atoms with Gasteiger partial charge >= 0.3 is 0 Å². The molecule has 4 aromatic rings. The van der Waals surface area contributed by atoms with Gasteiger partial charge in [0, 0.05) is 18.3 Å². The molecule has 0 radical (unpaired) electrons. The third kappa shape index (κ3) is 4.41. The highest BCUT2D eigenvalue weighted by atomic mass is 32.2. The molecule has 1 heterocycles. The van der Waals surface area contributed by atoms with Crippen LogP contribution >= 0.6 is 11.3 Å². The Bertz CT molecular complexity index is 1470. The van der Waals surface area contributed by atoms with E-state index in [1.807, 2.05) is 0 Å². The van der Waals surface area contributed by atoms with Gasteiger partial charge in [0.05, 0.1) is 22.2 Å². The van der Waals surface area contributed by atoms with Gasteiger partial charge in [-0.25, -0.2) is 12.8 Å². The van der Waals surface area contributed by atoms with Crippen molar-refractivity contribution in [1.29, 1.82) is 0 Å². The van der Waals surface area contributed by atoms with Crippen molar-refractivity contribution in [3.8, 4) is 5.75 Å². The average molecular weight is 472 g/mol. The summed E-state index contributed by atoms with van der Waals surface area (Å²) in [5.41, 5.74) is 1.37. The number of hydrogen-bond donors (Lipinski definition) is 1. The van der Waals surface area contributed by atoms with Crippen LogP contribution in [-0.2, 0) is 17.1 Å². The third-order valence-electron chi connectivity index (χ3n) is 4.72. The highest BCUT2D eigenvalue weighted by Crippen LogP contribution is 2.20. The summed E-state index contributed by atoms with van der Waals surface area (Å²) in [7, 11) is -0.543. The highest BCUT2D eigenvalue weighted by molar-refractivity contribution is 7.92. The first-order valence-corrected chi connectivity index (χ1v) is 11.7. The summed E-state index contributed by atoms with van der Waals surface area (Å²) >= 11 is 1.21. The molecular formula is C22H18FN3O4S2. The fraction of sp³-hybridized carbons (Fsp3) is 0.0909. The molecule has 7 nitrogen and oxygen atoms in total. The molecule has 0 atom stereocenters. The first-order chi connectivity index (χ1) is 15.3. The third-order valence-corrected chi connectivity index (χ3v) is 7.21. The van der Waals surface area contributed by atoms with Gasteiger partial charge in [-0.3, -0.25) is 9.52 Å². The number of thiazole rings is 1. The number of nitrogens with zero attached hydrogens (tertiary/aromatic N) is 2. The summed E-state index contributed by atoms with van der Waals surface area (Å²) in [4.78, 5) is 17.2. The number of aromatic nitrogens is 1. The maximum atomic E-state index is 13.4. The molecule has 0 aliphatic carbocycles. The number of anilines is 1. The summed E-state index contributed by atoms with van der Waals surface area (Å²) in [5.74, 6) is -0.296. The minimum absolute atomic E-state index is 0.0853. The Morgan fingerprint density at radius 3 is 2.41 bits per heavy atom. The quantitative estimate of drug-likeness (QED) is 0.478. The van der Waals surface area contributed by atoms with Gasteiger partial charge in [-0.15, -0.1) is 0 Å². The molecule has 0 saturated carbocycles. The monoisotopic (exact) mass is 471 g/mol.